The second kappa shape index (κ2) is 5.72. The molecule has 0 bridgehead atoms. The lowest BCUT2D eigenvalue weighted by atomic mass is 10.1. The summed E-state index contributed by atoms with van der Waals surface area (Å²) >= 11 is 0. The van der Waals surface area contributed by atoms with Crippen LogP contribution in [0.5, 0.6) is 0 Å². The SMILES string of the molecule is CCN(CC)CC1=CN2C(=Nc3cccc4c(=O)[nH]nc2c34)C=C1. The number of hydrogen-bond acceptors (Lipinski definition) is 5. The van der Waals surface area contributed by atoms with E-state index in [1.54, 1.807) is 0 Å². The first-order chi connectivity index (χ1) is 11.7. The van der Waals surface area contributed by atoms with Crippen LogP contribution in [0.1, 0.15) is 13.8 Å². The standard InChI is InChI=1S/C18H19N5O/c1-3-22(4-2)10-12-8-9-15-19-14-7-5-6-13-16(14)17(23(15)11-12)20-21-18(13)24/h5-9,11H,3-4,10H2,1-2H3,(H,21,24). The smallest absolute Gasteiger partial charge is 0.272 e. The first kappa shape index (κ1) is 14.8. The molecule has 4 rings (SSSR count). The quantitative estimate of drug-likeness (QED) is 0.940. The molecule has 1 N–H and O–H groups in total. The van der Waals surface area contributed by atoms with Gasteiger partial charge in [-0.3, -0.25) is 14.6 Å². The maximum absolute atomic E-state index is 12.0. The molecule has 3 heterocycles. The van der Waals surface area contributed by atoms with E-state index in [-0.39, 0.29) is 5.56 Å². The zero-order valence-corrected chi connectivity index (χ0v) is 13.8. The summed E-state index contributed by atoms with van der Waals surface area (Å²) in [6.07, 6.45) is 6.17. The van der Waals surface area contributed by atoms with Gasteiger partial charge >= 0.3 is 0 Å². The van der Waals surface area contributed by atoms with Crippen LogP contribution >= 0.6 is 0 Å². The highest BCUT2D eigenvalue weighted by Gasteiger charge is 2.25. The van der Waals surface area contributed by atoms with Gasteiger partial charge in [0, 0.05) is 12.7 Å². The van der Waals surface area contributed by atoms with Crippen LogP contribution in [0, 0.1) is 0 Å². The third-order valence-electron chi connectivity index (χ3n) is 4.53. The lowest BCUT2D eigenvalue weighted by Crippen LogP contribution is -2.33. The highest BCUT2D eigenvalue weighted by molar-refractivity contribution is 6.18. The molecule has 2 aliphatic heterocycles. The number of hydrogen-bond donors (Lipinski definition) is 1. The Morgan fingerprint density at radius 3 is 2.83 bits per heavy atom. The second-order valence-electron chi connectivity index (χ2n) is 5.91. The summed E-state index contributed by atoms with van der Waals surface area (Å²) in [5, 5.41) is 8.31. The van der Waals surface area contributed by atoms with Gasteiger partial charge in [0.1, 0.15) is 5.84 Å². The summed E-state index contributed by atoms with van der Waals surface area (Å²) in [4.78, 5) is 21.1. The van der Waals surface area contributed by atoms with Gasteiger partial charge in [0.15, 0.2) is 5.82 Å². The predicted octanol–water partition coefficient (Wildman–Crippen LogP) is 2.57. The predicted molar refractivity (Wildman–Crippen MR) is 96.9 cm³/mol. The van der Waals surface area contributed by atoms with Crippen LogP contribution in [0.15, 0.2) is 51.9 Å². The maximum atomic E-state index is 12.0. The van der Waals surface area contributed by atoms with Crippen molar-refractivity contribution >= 4 is 28.1 Å². The molecule has 0 unspecified atom stereocenters. The highest BCUT2D eigenvalue weighted by Crippen LogP contribution is 2.37. The minimum Gasteiger partial charge on any atom is -0.300 e. The van der Waals surface area contributed by atoms with Crippen molar-refractivity contribution in [2.75, 3.05) is 24.5 Å². The number of aromatic amines is 1. The number of benzene rings is 1. The molecular formula is C18H19N5O. The summed E-state index contributed by atoms with van der Waals surface area (Å²) in [7, 11) is 0. The molecule has 122 valence electrons. The van der Waals surface area contributed by atoms with Crippen LogP contribution < -0.4 is 10.5 Å². The van der Waals surface area contributed by atoms with Crippen LogP contribution in [0.4, 0.5) is 11.5 Å². The molecule has 2 aliphatic rings. The Bertz CT molecular complexity index is 950. The second-order valence-corrected chi connectivity index (χ2v) is 5.91. The van der Waals surface area contributed by atoms with Crippen molar-refractivity contribution in [2.45, 2.75) is 13.8 Å². The average Bonchev–Trinajstić information content (AvgIpc) is 2.62. The van der Waals surface area contributed by atoms with E-state index in [0.29, 0.717) is 5.39 Å². The fraction of sp³-hybridized carbons (Fsp3) is 0.278. The molecule has 24 heavy (non-hydrogen) atoms. The number of likely N-dealkylation sites (N-methyl/N-ethyl adjacent to an activating group) is 1. The van der Waals surface area contributed by atoms with Crippen LogP contribution in [-0.2, 0) is 0 Å². The molecule has 0 atom stereocenters. The van der Waals surface area contributed by atoms with Gasteiger partial charge in [0.25, 0.3) is 5.56 Å². The number of rotatable bonds is 4. The molecule has 0 amide bonds. The Morgan fingerprint density at radius 2 is 2.04 bits per heavy atom. The summed E-state index contributed by atoms with van der Waals surface area (Å²) in [6, 6.07) is 5.58. The van der Waals surface area contributed by atoms with Gasteiger partial charge in [-0.05, 0) is 36.9 Å². The minimum absolute atomic E-state index is 0.186. The Hall–Kier alpha value is -2.73. The molecule has 0 saturated heterocycles. The number of aliphatic imine (C=N–C) groups is 1. The molecule has 0 fully saturated rings. The number of amidine groups is 1. The van der Waals surface area contributed by atoms with E-state index in [2.05, 4.69) is 46.2 Å². The molecule has 1 aromatic heterocycles. The van der Waals surface area contributed by atoms with Crippen molar-refractivity contribution in [3.8, 4) is 0 Å². The summed E-state index contributed by atoms with van der Waals surface area (Å²) in [5.74, 6) is 1.55. The van der Waals surface area contributed by atoms with Gasteiger partial charge in [-0.1, -0.05) is 26.0 Å². The van der Waals surface area contributed by atoms with Crippen LogP contribution in [0.3, 0.4) is 0 Å². The normalized spacial score (nSPS) is 15.5. The highest BCUT2D eigenvalue weighted by atomic mass is 16.1. The van der Waals surface area contributed by atoms with Gasteiger partial charge in [-0.25, -0.2) is 10.1 Å². The molecule has 2 aromatic rings. The van der Waals surface area contributed by atoms with Crippen molar-refractivity contribution < 1.29 is 0 Å². The first-order valence-corrected chi connectivity index (χ1v) is 8.21. The van der Waals surface area contributed by atoms with E-state index in [1.807, 2.05) is 29.2 Å². The Labute approximate surface area is 139 Å². The van der Waals surface area contributed by atoms with Gasteiger partial charge in [0.05, 0.1) is 16.5 Å². The summed E-state index contributed by atoms with van der Waals surface area (Å²) in [5.41, 5.74) is 1.80. The zero-order chi connectivity index (χ0) is 16.7. The number of H-pyrrole nitrogens is 1. The van der Waals surface area contributed by atoms with E-state index in [0.717, 1.165) is 42.4 Å². The average molecular weight is 321 g/mol. The van der Waals surface area contributed by atoms with Gasteiger partial charge in [-0.15, -0.1) is 0 Å². The zero-order valence-electron chi connectivity index (χ0n) is 13.8. The molecule has 6 nitrogen and oxygen atoms in total. The number of nitrogens with one attached hydrogen (secondary N) is 1. The molecule has 0 radical (unpaired) electrons. The number of fused-ring (bicyclic) bond motifs is 2. The van der Waals surface area contributed by atoms with Crippen molar-refractivity contribution in [1.29, 1.82) is 0 Å². The van der Waals surface area contributed by atoms with Crippen LogP contribution in [0.2, 0.25) is 0 Å². The minimum atomic E-state index is -0.186. The van der Waals surface area contributed by atoms with E-state index >= 15 is 0 Å². The third kappa shape index (κ3) is 2.27. The van der Waals surface area contributed by atoms with Crippen molar-refractivity contribution in [3.63, 3.8) is 0 Å². The van der Waals surface area contributed by atoms with Gasteiger partial charge in [0.2, 0.25) is 0 Å². The van der Waals surface area contributed by atoms with Crippen molar-refractivity contribution in [3.05, 3.63) is 52.5 Å². The fourth-order valence-electron chi connectivity index (χ4n) is 3.17. The largest absolute Gasteiger partial charge is 0.300 e. The molecule has 6 heteroatoms. The van der Waals surface area contributed by atoms with E-state index in [9.17, 15) is 4.79 Å². The molecule has 0 aliphatic carbocycles. The maximum Gasteiger partial charge on any atom is 0.272 e. The monoisotopic (exact) mass is 321 g/mol. The molecule has 0 saturated carbocycles. The summed E-state index contributed by atoms with van der Waals surface area (Å²) < 4.78 is 0. The first-order valence-electron chi connectivity index (χ1n) is 8.21. The molecule has 1 aromatic carbocycles. The van der Waals surface area contributed by atoms with Crippen molar-refractivity contribution in [1.82, 2.24) is 15.1 Å². The lowest BCUT2D eigenvalue weighted by molar-refractivity contribution is 0.332. The van der Waals surface area contributed by atoms with Gasteiger partial charge in [-0.2, -0.15) is 5.10 Å². The number of aromatic nitrogens is 2. The number of anilines is 1. The Morgan fingerprint density at radius 1 is 1.21 bits per heavy atom. The lowest BCUT2D eigenvalue weighted by Gasteiger charge is -2.29. The van der Waals surface area contributed by atoms with Crippen LogP contribution in [-0.4, -0.2) is 40.6 Å². The van der Waals surface area contributed by atoms with Crippen molar-refractivity contribution in [2.24, 2.45) is 4.99 Å². The van der Waals surface area contributed by atoms with E-state index < -0.39 is 0 Å². The van der Waals surface area contributed by atoms with Gasteiger partial charge < -0.3 is 0 Å². The summed E-state index contributed by atoms with van der Waals surface area (Å²) in [6.45, 7) is 7.21. The van der Waals surface area contributed by atoms with Crippen LogP contribution in [0.25, 0.3) is 10.8 Å². The Kier molecular flexibility index (Phi) is 3.54. The molecular weight excluding hydrogens is 302 g/mol. The van der Waals surface area contributed by atoms with E-state index in [4.69, 9.17) is 0 Å². The fourth-order valence-corrected chi connectivity index (χ4v) is 3.17. The Balaban J connectivity index is 1.83. The third-order valence-corrected chi connectivity index (χ3v) is 4.53. The molecule has 0 spiro atoms. The van der Waals surface area contributed by atoms with E-state index in [1.165, 1.54) is 5.57 Å². The topological polar surface area (TPSA) is 64.6 Å². The number of nitrogens with zero attached hydrogens (tertiary/aromatic N) is 4.